The number of hydrogen-bond donors (Lipinski definition) is 1. The molecular weight excluding hydrogens is 242 g/mol. The third-order valence-electron chi connectivity index (χ3n) is 3.74. The lowest BCUT2D eigenvalue weighted by Gasteiger charge is -2.36. The zero-order valence-corrected chi connectivity index (χ0v) is 11.8. The predicted molar refractivity (Wildman–Crippen MR) is 74.9 cm³/mol. The van der Waals surface area contributed by atoms with E-state index in [1.54, 1.807) is 12.1 Å². The zero-order chi connectivity index (χ0) is 14.0. The van der Waals surface area contributed by atoms with Crippen LogP contribution in [-0.4, -0.2) is 54.2 Å². The van der Waals surface area contributed by atoms with E-state index >= 15 is 0 Å². The van der Waals surface area contributed by atoms with E-state index in [9.17, 15) is 9.90 Å². The van der Waals surface area contributed by atoms with Crippen molar-refractivity contribution < 1.29 is 9.90 Å². The summed E-state index contributed by atoms with van der Waals surface area (Å²) < 4.78 is 0. The molecule has 1 aromatic rings. The van der Waals surface area contributed by atoms with Gasteiger partial charge in [-0.15, -0.1) is 0 Å². The number of pyridine rings is 1. The Kier molecular flexibility index (Phi) is 4.04. The molecule has 0 radical (unpaired) electrons. The number of hydrogen-bond acceptors (Lipinski definition) is 4. The van der Waals surface area contributed by atoms with Crippen LogP contribution in [0.25, 0.3) is 0 Å². The third-order valence-corrected chi connectivity index (χ3v) is 3.74. The highest BCUT2D eigenvalue weighted by molar-refractivity contribution is 5.93. The van der Waals surface area contributed by atoms with Gasteiger partial charge in [0.15, 0.2) is 0 Å². The van der Waals surface area contributed by atoms with Crippen LogP contribution >= 0.6 is 0 Å². The summed E-state index contributed by atoms with van der Waals surface area (Å²) in [6.07, 6.45) is 2.09. The second kappa shape index (κ2) is 5.57. The Bertz CT molecular complexity index is 466. The van der Waals surface area contributed by atoms with Gasteiger partial charge >= 0.3 is 5.97 Å². The molecule has 0 unspecified atom stereocenters. The molecule has 104 valence electrons. The van der Waals surface area contributed by atoms with E-state index in [2.05, 4.69) is 28.9 Å². The van der Waals surface area contributed by atoms with Crippen LogP contribution in [0.15, 0.2) is 12.1 Å². The van der Waals surface area contributed by atoms with Gasteiger partial charge in [-0.1, -0.05) is 0 Å². The first-order valence-electron chi connectivity index (χ1n) is 6.61. The molecule has 0 spiro atoms. The molecule has 1 aliphatic rings. The second-order valence-electron chi connectivity index (χ2n) is 5.31. The van der Waals surface area contributed by atoms with Gasteiger partial charge in [-0.05, 0) is 46.0 Å². The lowest BCUT2D eigenvalue weighted by Crippen LogP contribution is -2.42. The van der Waals surface area contributed by atoms with Crippen LogP contribution in [0.3, 0.4) is 0 Å². The lowest BCUT2D eigenvalue weighted by molar-refractivity contribution is 0.0697. The van der Waals surface area contributed by atoms with Crippen LogP contribution in [-0.2, 0) is 0 Å². The number of aromatic carboxylic acids is 1. The SMILES string of the molecule is Cc1ccc(C(=O)O)c(N2CCC(N(C)C)CC2)n1. The molecule has 0 saturated carbocycles. The summed E-state index contributed by atoms with van der Waals surface area (Å²) in [6.45, 7) is 3.61. The van der Waals surface area contributed by atoms with Gasteiger partial charge in [0, 0.05) is 24.8 Å². The second-order valence-corrected chi connectivity index (χ2v) is 5.31. The Balaban J connectivity index is 2.19. The van der Waals surface area contributed by atoms with Crippen LogP contribution in [0, 0.1) is 6.92 Å². The molecule has 5 nitrogen and oxygen atoms in total. The number of piperidine rings is 1. The Hall–Kier alpha value is -1.62. The minimum absolute atomic E-state index is 0.300. The van der Waals surface area contributed by atoms with Gasteiger partial charge in [-0.3, -0.25) is 0 Å². The summed E-state index contributed by atoms with van der Waals surface area (Å²) in [6, 6.07) is 3.98. The number of rotatable bonds is 3. The minimum atomic E-state index is -0.905. The molecule has 2 rings (SSSR count). The fraction of sp³-hybridized carbons (Fsp3) is 0.571. The molecule has 1 fully saturated rings. The van der Waals surface area contributed by atoms with E-state index in [0.717, 1.165) is 31.6 Å². The van der Waals surface area contributed by atoms with Crippen molar-refractivity contribution >= 4 is 11.8 Å². The summed E-state index contributed by atoms with van der Waals surface area (Å²) in [7, 11) is 4.18. The number of carbonyl (C=O) groups is 1. The smallest absolute Gasteiger partial charge is 0.339 e. The van der Waals surface area contributed by atoms with E-state index in [0.29, 0.717) is 17.4 Å². The van der Waals surface area contributed by atoms with Crippen molar-refractivity contribution in [2.75, 3.05) is 32.1 Å². The van der Waals surface area contributed by atoms with Gasteiger partial charge in [0.1, 0.15) is 11.4 Å². The number of carboxylic acid groups (broad SMARTS) is 1. The van der Waals surface area contributed by atoms with Gasteiger partial charge in [0.2, 0.25) is 0 Å². The Morgan fingerprint density at radius 3 is 2.53 bits per heavy atom. The Morgan fingerprint density at radius 1 is 1.37 bits per heavy atom. The van der Waals surface area contributed by atoms with Gasteiger partial charge in [-0.2, -0.15) is 0 Å². The predicted octanol–water partition coefficient (Wildman–Crippen LogP) is 1.62. The maximum atomic E-state index is 11.3. The molecule has 19 heavy (non-hydrogen) atoms. The van der Waals surface area contributed by atoms with Crippen molar-refractivity contribution in [3.05, 3.63) is 23.4 Å². The highest BCUT2D eigenvalue weighted by atomic mass is 16.4. The normalized spacial score (nSPS) is 16.9. The molecule has 0 atom stereocenters. The molecule has 0 aliphatic carbocycles. The zero-order valence-electron chi connectivity index (χ0n) is 11.8. The molecule has 1 aromatic heterocycles. The van der Waals surface area contributed by atoms with Crippen LogP contribution in [0.4, 0.5) is 5.82 Å². The first kappa shape index (κ1) is 13.8. The van der Waals surface area contributed by atoms with Crippen molar-refractivity contribution in [3.63, 3.8) is 0 Å². The standard InChI is InChI=1S/C14H21N3O2/c1-10-4-5-12(14(18)19)13(15-10)17-8-6-11(7-9-17)16(2)3/h4-5,11H,6-9H2,1-3H3,(H,18,19). The molecule has 0 aromatic carbocycles. The average molecular weight is 263 g/mol. The maximum absolute atomic E-state index is 11.3. The number of anilines is 1. The minimum Gasteiger partial charge on any atom is -0.478 e. The van der Waals surface area contributed by atoms with Gasteiger partial charge in [0.05, 0.1) is 0 Å². The Morgan fingerprint density at radius 2 is 2.00 bits per heavy atom. The molecule has 5 heteroatoms. The molecular formula is C14H21N3O2. The van der Waals surface area contributed by atoms with Crippen LogP contribution in [0.1, 0.15) is 28.9 Å². The molecule has 1 N–H and O–H groups in total. The fourth-order valence-corrected chi connectivity index (χ4v) is 2.55. The molecule has 1 saturated heterocycles. The fourth-order valence-electron chi connectivity index (χ4n) is 2.55. The number of aryl methyl sites for hydroxylation is 1. The molecule has 2 heterocycles. The summed E-state index contributed by atoms with van der Waals surface area (Å²) >= 11 is 0. The van der Waals surface area contributed by atoms with Gasteiger partial charge in [0.25, 0.3) is 0 Å². The van der Waals surface area contributed by atoms with Gasteiger partial charge < -0.3 is 14.9 Å². The third kappa shape index (κ3) is 3.04. The first-order valence-corrected chi connectivity index (χ1v) is 6.61. The van der Waals surface area contributed by atoms with Crippen molar-refractivity contribution in [2.24, 2.45) is 0 Å². The largest absolute Gasteiger partial charge is 0.478 e. The van der Waals surface area contributed by atoms with Crippen molar-refractivity contribution in [3.8, 4) is 0 Å². The highest BCUT2D eigenvalue weighted by Crippen LogP contribution is 2.24. The van der Waals surface area contributed by atoms with E-state index in [1.807, 2.05) is 6.92 Å². The maximum Gasteiger partial charge on any atom is 0.339 e. The summed E-state index contributed by atoms with van der Waals surface area (Å²) in [5.41, 5.74) is 1.16. The van der Waals surface area contributed by atoms with Crippen LogP contribution in [0.5, 0.6) is 0 Å². The van der Waals surface area contributed by atoms with E-state index in [4.69, 9.17) is 0 Å². The van der Waals surface area contributed by atoms with E-state index in [1.165, 1.54) is 0 Å². The number of aromatic nitrogens is 1. The lowest BCUT2D eigenvalue weighted by atomic mass is 10.0. The van der Waals surface area contributed by atoms with Crippen molar-refractivity contribution in [1.29, 1.82) is 0 Å². The first-order chi connectivity index (χ1) is 8.99. The van der Waals surface area contributed by atoms with Crippen molar-refractivity contribution in [2.45, 2.75) is 25.8 Å². The summed E-state index contributed by atoms with van der Waals surface area (Å²) in [5.74, 6) is -0.290. The average Bonchev–Trinajstić information content (AvgIpc) is 2.38. The van der Waals surface area contributed by atoms with Crippen LogP contribution < -0.4 is 4.90 Å². The number of nitrogens with zero attached hydrogens (tertiary/aromatic N) is 3. The summed E-state index contributed by atoms with van der Waals surface area (Å²) in [5, 5.41) is 9.25. The van der Waals surface area contributed by atoms with E-state index < -0.39 is 5.97 Å². The van der Waals surface area contributed by atoms with Gasteiger partial charge in [-0.25, -0.2) is 9.78 Å². The molecule has 1 aliphatic heterocycles. The summed E-state index contributed by atoms with van der Waals surface area (Å²) in [4.78, 5) is 20.0. The molecule has 0 bridgehead atoms. The monoisotopic (exact) mass is 263 g/mol. The topological polar surface area (TPSA) is 56.7 Å². The highest BCUT2D eigenvalue weighted by Gasteiger charge is 2.24. The van der Waals surface area contributed by atoms with E-state index in [-0.39, 0.29) is 0 Å². The quantitative estimate of drug-likeness (QED) is 0.898. The number of carboxylic acids is 1. The Labute approximate surface area is 113 Å². The van der Waals surface area contributed by atoms with Crippen LogP contribution in [0.2, 0.25) is 0 Å². The molecule has 0 amide bonds. The van der Waals surface area contributed by atoms with Crippen molar-refractivity contribution in [1.82, 2.24) is 9.88 Å².